The average Bonchev–Trinajstić information content (AvgIpc) is 3.18. The van der Waals surface area contributed by atoms with Crippen LogP contribution in [0.2, 0.25) is 0 Å². The van der Waals surface area contributed by atoms with E-state index in [4.69, 9.17) is 4.74 Å². The molecule has 0 atom stereocenters. The van der Waals surface area contributed by atoms with Gasteiger partial charge in [-0.3, -0.25) is 14.3 Å². The van der Waals surface area contributed by atoms with Gasteiger partial charge in [0.1, 0.15) is 5.69 Å². The molecule has 2 aromatic heterocycles. The Morgan fingerprint density at radius 2 is 2.05 bits per heavy atom. The van der Waals surface area contributed by atoms with Gasteiger partial charge in [-0.05, 0) is 6.42 Å². The Morgan fingerprint density at radius 1 is 1.18 bits per heavy atom. The zero-order chi connectivity index (χ0) is 15.2. The summed E-state index contributed by atoms with van der Waals surface area (Å²) in [5.74, 6) is 0. The third kappa shape index (κ3) is 3.80. The summed E-state index contributed by atoms with van der Waals surface area (Å²) in [6.45, 7) is 10.1. The fraction of sp³-hybridized carbons (Fsp3) is 0.533. The second kappa shape index (κ2) is 7.33. The van der Waals surface area contributed by atoms with E-state index in [9.17, 15) is 0 Å². The summed E-state index contributed by atoms with van der Waals surface area (Å²) in [6, 6.07) is 0. The number of rotatable bonds is 7. The van der Waals surface area contributed by atoms with Crippen molar-refractivity contribution < 1.29 is 4.74 Å². The highest BCUT2D eigenvalue weighted by Crippen LogP contribution is 2.14. The average molecular weight is 302 g/mol. The first-order valence-corrected chi connectivity index (χ1v) is 7.69. The standard InChI is InChI=1S/C15H22N6O/c1-2-4-20-12-14(11-16-20)15-13-21(18-17-15)6-3-5-19-7-9-22-10-8-19/h2,11-13H,1,3-10H2. The Bertz CT molecular complexity index is 599. The molecule has 1 aliphatic heterocycles. The van der Waals surface area contributed by atoms with Crippen molar-refractivity contribution in [1.82, 2.24) is 29.7 Å². The zero-order valence-electron chi connectivity index (χ0n) is 12.8. The van der Waals surface area contributed by atoms with E-state index < -0.39 is 0 Å². The van der Waals surface area contributed by atoms with Crippen molar-refractivity contribution >= 4 is 0 Å². The summed E-state index contributed by atoms with van der Waals surface area (Å²) in [5.41, 5.74) is 1.85. The monoisotopic (exact) mass is 302 g/mol. The lowest BCUT2D eigenvalue weighted by Gasteiger charge is -2.26. The molecular formula is C15H22N6O. The van der Waals surface area contributed by atoms with Gasteiger partial charge in [0.15, 0.2) is 0 Å². The van der Waals surface area contributed by atoms with Crippen LogP contribution in [0.15, 0.2) is 31.2 Å². The van der Waals surface area contributed by atoms with E-state index in [0.717, 1.165) is 57.1 Å². The maximum atomic E-state index is 5.35. The van der Waals surface area contributed by atoms with Gasteiger partial charge in [0.05, 0.1) is 32.2 Å². The maximum Gasteiger partial charge on any atom is 0.116 e. The van der Waals surface area contributed by atoms with E-state index in [1.807, 2.05) is 34.0 Å². The summed E-state index contributed by atoms with van der Waals surface area (Å²) in [7, 11) is 0. The lowest BCUT2D eigenvalue weighted by Crippen LogP contribution is -2.37. The number of hydrogen-bond donors (Lipinski definition) is 0. The van der Waals surface area contributed by atoms with Crippen LogP contribution in [-0.2, 0) is 17.8 Å². The molecule has 7 nitrogen and oxygen atoms in total. The first-order valence-electron chi connectivity index (χ1n) is 7.69. The van der Waals surface area contributed by atoms with Crippen LogP contribution in [-0.4, -0.2) is 62.5 Å². The van der Waals surface area contributed by atoms with Crippen molar-refractivity contribution in [2.24, 2.45) is 0 Å². The Morgan fingerprint density at radius 3 is 2.86 bits per heavy atom. The first kappa shape index (κ1) is 14.9. The molecule has 0 spiro atoms. The molecule has 22 heavy (non-hydrogen) atoms. The SMILES string of the molecule is C=CCn1cc(-c2cn(CCCN3CCOCC3)nn2)cn1. The lowest BCUT2D eigenvalue weighted by atomic mass is 10.3. The van der Waals surface area contributed by atoms with Crippen LogP contribution in [0.1, 0.15) is 6.42 Å². The molecule has 0 unspecified atom stereocenters. The normalized spacial score (nSPS) is 16.0. The van der Waals surface area contributed by atoms with Crippen molar-refractivity contribution in [2.75, 3.05) is 32.8 Å². The van der Waals surface area contributed by atoms with Gasteiger partial charge in [-0.2, -0.15) is 5.10 Å². The molecule has 0 N–H and O–H groups in total. The van der Waals surface area contributed by atoms with Crippen molar-refractivity contribution in [3.05, 3.63) is 31.2 Å². The summed E-state index contributed by atoms with van der Waals surface area (Å²) in [5, 5.41) is 12.7. The molecular weight excluding hydrogens is 280 g/mol. The predicted molar refractivity (Wildman–Crippen MR) is 83.3 cm³/mol. The molecule has 0 amide bonds. The maximum absolute atomic E-state index is 5.35. The van der Waals surface area contributed by atoms with Crippen molar-refractivity contribution in [1.29, 1.82) is 0 Å². The molecule has 0 bridgehead atoms. The number of allylic oxidation sites excluding steroid dienone is 1. The number of aryl methyl sites for hydroxylation is 1. The molecule has 2 aromatic rings. The minimum absolute atomic E-state index is 0.702. The molecule has 118 valence electrons. The van der Waals surface area contributed by atoms with Gasteiger partial charge in [0.2, 0.25) is 0 Å². The third-order valence-corrected chi connectivity index (χ3v) is 3.75. The topological polar surface area (TPSA) is 61.0 Å². The fourth-order valence-corrected chi connectivity index (χ4v) is 2.55. The predicted octanol–water partition coefficient (Wildman–Crippen LogP) is 1.05. The summed E-state index contributed by atoms with van der Waals surface area (Å²) >= 11 is 0. The highest BCUT2D eigenvalue weighted by atomic mass is 16.5. The van der Waals surface area contributed by atoms with Crippen molar-refractivity contribution in [3.8, 4) is 11.3 Å². The minimum Gasteiger partial charge on any atom is -0.379 e. The first-order chi connectivity index (χ1) is 10.8. The largest absolute Gasteiger partial charge is 0.379 e. The second-order valence-electron chi connectivity index (χ2n) is 5.41. The van der Waals surface area contributed by atoms with E-state index in [0.29, 0.717) is 6.54 Å². The van der Waals surface area contributed by atoms with E-state index in [1.165, 1.54) is 0 Å². The van der Waals surface area contributed by atoms with E-state index in [1.54, 1.807) is 0 Å². The number of nitrogens with zero attached hydrogens (tertiary/aromatic N) is 6. The van der Waals surface area contributed by atoms with Crippen LogP contribution in [0.4, 0.5) is 0 Å². The molecule has 3 heterocycles. The van der Waals surface area contributed by atoms with Gasteiger partial charge >= 0.3 is 0 Å². The Kier molecular flexibility index (Phi) is 4.97. The van der Waals surface area contributed by atoms with Gasteiger partial charge in [0.25, 0.3) is 0 Å². The number of aromatic nitrogens is 5. The van der Waals surface area contributed by atoms with Crippen LogP contribution >= 0.6 is 0 Å². The Hall–Kier alpha value is -1.99. The molecule has 1 fully saturated rings. The number of morpholine rings is 1. The van der Waals surface area contributed by atoms with Crippen LogP contribution in [0.5, 0.6) is 0 Å². The molecule has 0 aliphatic carbocycles. The summed E-state index contributed by atoms with van der Waals surface area (Å²) in [6.07, 6.45) is 8.64. The number of hydrogen-bond acceptors (Lipinski definition) is 5. The Labute approximate surface area is 130 Å². The van der Waals surface area contributed by atoms with E-state index in [-0.39, 0.29) is 0 Å². The number of ether oxygens (including phenoxy) is 1. The van der Waals surface area contributed by atoms with Gasteiger partial charge in [-0.1, -0.05) is 11.3 Å². The van der Waals surface area contributed by atoms with Crippen LogP contribution in [0, 0.1) is 0 Å². The molecule has 0 saturated carbocycles. The molecule has 1 saturated heterocycles. The van der Waals surface area contributed by atoms with Gasteiger partial charge < -0.3 is 4.74 Å². The van der Waals surface area contributed by atoms with Crippen molar-refractivity contribution in [2.45, 2.75) is 19.5 Å². The quantitative estimate of drug-likeness (QED) is 0.716. The van der Waals surface area contributed by atoms with E-state index in [2.05, 4.69) is 26.9 Å². The minimum atomic E-state index is 0.702. The van der Waals surface area contributed by atoms with Gasteiger partial charge in [0, 0.05) is 37.9 Å². The van der Waals surface area contributed by atoms with E-state index >= 15 is 0 Å². The van der Waals surface area contributed by atoms with Gasteiger partial charge in [-0.15, -0.1) is 11.7 Å². The molecule has 7 heteroatoms. The molecule has 0 radical (unpaired) electrons. The Balaban J connectivity index is 1.50. The molecule has 3 rings (SSSR count). The fourth-order valence-electron chi connectivity index (χ4n) is 2.55. The molecule has 1 aliphatic rings. The van der Waals surface area contributed by atoms with Gasteiger partial charge in [-0.25, -0.2) is 0 Å². The lowest BCUT2D eigenvalue weighted by molar-refractivity contribution is 0.0368. The summed E-state index contributed by atoms with van der Waals surface area (Å²) in [4.78, 5) is 2.43. The van der Waals surface area contributed by atoms with Crippen LogP contribution in [0.3, 0.4) is 0 Å². The smallest absolute Gasteiger partial charge is 0.116 e. The highest BCUT2D eigenvalue weighted by Gasteiger charge is 2.10. The van der Waals surface area contributed by atoms with Crippen LogP contribution < -0.4 is 0 Å². The molecule has 0 aromatic carbocycles. The third-order valence-electron chi connectivity index (χ3n) is 3.75. The zero-order valence-corrected chi connectivity index (χ0v) is 12.8. The second-order valence-corrected chi connectivity index (χ2v) is 5.41. The highest BCUT2D eigenvalue weighted by molar-refractivity contribution is 5.54. The van der Waals surface area contributed by atoms with Crippen molar-refractivity contribution in [3.63, 3.8) is 0 Å². The summed E-state index contributed by atoms with van der Waals surface area (Å²) < 4.78 is 9.09. The van der Waals surface area contributed by atoms with Crippen LogP contribution in [0.25, 0.3) is 11.3 Å².